The second kappa shape index (κ2) is 11.7. The number of amides is 1. The van der Waals surface area contributed by atoms with Gasteiger partial charge in [0.05, 0.1) is 25.9 Å². The number of anilines is 1. The maximum Gasteiger partial charge on any atom is 0.251 e. The molecule has 0 saturated carbocycles. The number of nitrogens with zero attached hydrogens (tertiary/aromatic N) is 2. The SMILES string of the molecule is CCOc1cc(C(=O)NCC(c2ccc3c(c2)CCN3C)N2CCCC2)cc(OCC)c1OCC. The molecule has 0 spiro atoms. The van der Waals surface area contributed by atoms with Crippen molar-refractivity contribution in [3.63, 3.8) is 0 Å². The second-order valence-corrected chi connectivity index (χ2v) is 9.13. The van der Waals surface area contributed by atoms with Gasteiger partial charge in [0.1, 0.15) is 0 Å². The first-order valence-corrected chi connectivity index (χ1v) is 13.0. The van der Waals surface area contributed by atoms with Gasteiger partial charge in [-0.05, 0) is 82.4 Å². The quantitative estimate of drug-likeness (QED) is 0.512. The number of likely N-dealkylation sites (N-methyl/N-ethyl adjacent to an activating group) is 1. The Morgan fingerprint density at radius 3 is 2.23 bits per heavy atom. The molecule has 0 aliphatic carbocycles. The molecule has 1 N–H and O–H groups in total. The summed E-state index contributed by atoms with van der Waals surface area (Å²) in [5.41, 5.74) is 4.50. The molecule has 1 fully saturated rings. The van der Waals surface area contributed by atoms with E-state index in [1.807, 2.05) is 20.8 Å². The van der Waals surface area contributed by atoms with Crippen molar-refractivity contribution in [3.8, 4) is 17.2 Å². The topological polar surface area (TPSA) is 63.3 Å². The average molecular weight is 482 g/mol. The van der Waals surface area contributed by atoms with Gasteiger partial charge in [0, 0.05) is 31.4 Å². The molecule has 190 valence electrons. The molecule has 2 aromatic carbocycles. The Balaban J connectivity index is 1.56. The number of nitrogens with one attached hydrogen (secondary N) is 1. The number of rotatable bonds is 11. The molecule has 2 heterocycles. The third-order valence-electron chi connectivity index (χ3n) is 6.82. The van der Waals surface area contributed by atoms with Crippen molar-refractivity contribution in [2.45, 2.75) is 46.1 Å². The van der Waals surface area contributed by atoms with E-state index in [0.717, 1.165) is 26.1 Å². The summed E-state index contributed by atoms with van der Waals surface area (Å²) in [4.78, 5) is 18.1. The molecule has 1 saturated heterocycles. The highest BCUT2D eigenvalue weighted by Gasteiger charge is 2.27. The summed E-state index contributed by atoms with van der Waals surface area (Å²) in [6.07, 6.45) is 3.48. The molecule has 7 nitrogen and oxygen atoms in total. The second-order valence-electron chi connectivity index (χ2n) is 9.13. The fourth-order valence-corrected chi connectivity index (χ4v) is 5.12. The lowest BCUT2D eigenvalue weighted by atomic mass is 10.0. The molecular weight excluding hydrogens is 442 g/mol. The monoisotopic (exact) mass is 481 g/mol. The Morgan fingerprint density at radius 2 is 1.60 bits per heavy atom. The minimum atomic E-state index is -0.139. The highest BCUT2D eigenvalue weighted by molar-refractivity contribution is 5.95. The maximum atomic E-state index is 13.3. The van der Waals surface area contributed by atoms with Crippen molar-refractivity contribution in [3.05, 3.63) is 47.0 Å². The molecule has 4 rings (SSSR count). The first-order chi connectivity index (χ1) is 17.0. The van der Waals surface area contributed by atoms with E-state index in [-0.39, 0.29) is 11.9 Å². The van der Waals surface area contributed by atoms with Crippen molar-refractivity contribution in [1.29, 1.82) is 0 Å². The molecule has 1 amide bonds. The van der Waals surface area contributed by atoms with Crippen molar-refractivity contribution in [2.75, 3.05) is 57.9 Å². The van der Waals surface area contributed by atoms with E-state index in [1.165, 1.54) is 29.7 Å². The lowest BCUT2D eigenvalue weighted by Gasteiger charge is -2.29. The first kappa shape index (κ1) is 25.2. The Bertz CT molecular complexity index is 992. The molecular formula is C28H39N3O4. The molecule has 2 aliphatic rings. The number of ether oxygens (including phenoxy) is 3. The highest BCUT2D eigenvalue weighted by Crippen LogP contribution is 2.39. The normalized spacial score (nSPS) is 16.2. The van der Waals surface area contributed by atoms with Crippen LogP contribution in [0.1, 0.15) is 61.1 Å². The van der Waals surface area contributed by atoms with Crippen LogP contribution in [-0.2, 0) is 6.42 Å². The van der Waals surface area contributed by atoms with Crippen LogP contribution in [0.15, 0.2) is 30.3 Å². The van der Waals surface area contributed by atoms with Gasteiger partial charge in [0.2, 0.25) is 5.75 Å². The summed E-state index contributed by atoms with van der Waals surface area (Å²) >= 11 is 0. The lowest BCUT2D eigenvalue weighted by Crippen LogP contribution is -2.36. The number of fused-ring (bicyclic) bond motifs is 1. The Hall–Kier alpha value is -2.93. The fourth-order valence-electron chi connectivity index (χ4n) is 5.12. The number of likely N-dealkylation sites (tertiary alicyclic amines) is 1. The van der Waals surface area contributed by atoms with Crippen LogP contribution in [-0.4, -0.2) is 63.9 Å². The summed E-state index contributed by atoms with van der Waals surface area (Å²) in [6.45, 7) is 10.9. The van der Waals surface area contributed by atoms with Crippen LogP contribution in [0.3, 0.4) is 0 Å². The molecule has 1 unspecified atom stereocenters. The minimum absolute atomic E-state index is 0.139. The van der Waals surface area contributed by atoms with E-state index in [2.05, 4.69) is 40.4 Å². The van der Waals surface area contributed by atoms with E-state index < -0.39 is 0 Å². The summed E-state index contributed by atoms with van der Waals surface area (Å²) in [5.74, 6) is 1.47. The fraction of sp³-hybridized carbons (Fsp3) is 0.536. The number of carbonyl (C=O) groups excluding carboxylic acids is 1. The number of hydrogen-bond acceptors (Lipinski definition) is 6. The van der Waals surface area contributed by atoms with Crippen molar-refractivity contribution >= 4 is 11.6 Å². The lowest BCUT2D eigenvalue weighted by molar-refractivity contribution is 0.0936. The largest absolute Gasteiger partial charge is 0.490 e. The van der Waals surface area contributed by atoms with Crippen molar-refractivity contribution < 1.29 is 19.0 Å². The van der Waals surface area contributed by atoms with Gasteiger partial charge in [-0.25, -0.2) is 0 Å². The van der Waals surface area contributed by atoms with E-state index in [1.54, 1.807) is 12.1 Å². The van der Waals surface area contributed by atoms with Crippen molar-refractivity contribution in [2.24, 2.45) is 0 Å². The third kappa shape index (κ3) is 5.67. The summed E-state index contributed by atoms with van der Waals surface area (Å²) in [7, 11) is 2.15. The number of hydrogen-bond donors (Lipinski definition) is 1. The molecule has 7 heteroatoms. The zero-order valence-electron chi connectivity index (χ0n) is 21.6. The molecule has 1 atom stereocenters. The van der Waals surface area contributed by atoms with Crippen LogP contribution in [0, 0.1) is 0 Å². The molecule has 35 heavy (non-hydrogen) atoms. The zero-order chi connectivity index (χ0) is 24.8. The highest BCUT2D eigenvalue weighted by atomic mass is 16.5. The number of carbonyl (C=O) groups is 1. The van der Waals surface area contributed by atoms with Gasteiger partial charge >= 0.3 is 0 Å². The minimum Gasteiger partial charge on any atom is -0.490 e. The Kier molecular flexibility index (Phi) is 8.39. The Labute approximate surface area is 209 Å². The maximum absolute atomic E-state index is 13.3. The van der Waals surface area contributed by atoms with E-state index in [9.17, 15) is 4.79 Å². The van der Waals surface area contributed by atoms with Gasteiger partial charge in [-0.15, -0.1) is 0 Å². The first-order valence-electron chi connectivity index (χ1n) is 13.0. The van der Waals surface area contributed by atoms with Crippen LogP contribution in [0.25, 0.3) is 0 Å². The number of benzene rings is 2. The third-order valence-corrected chi connectivity index (χ3v) is 6.82. The summed E-state index contributed by atoms with van der Waals surface area (Å²) in [6, 6.07) is 10.5. The predicted molar refractivity (Wildman–Crippen MR) is 139 cm³/mol. The van der Waals surface area contributed by atoms with Crippen LogP contribution in [0.4, 0.5) is 5.69 Å². The standard InChI is InChI=1S/C28H39N3O4/c1-5-33-25-17-22(18-26(34-6-2)27(25)35-7-3)28(32)29-19-24(31-13-8-9-14-31)20-10-11-23-21(16-20)12-15-30(23)4/h10-11,16-18,24H,5-9,12-15,19H2,1-4H3,(H,29,32). The van der Waals surface area contributed by atoms with Crippen LogP contribution in [0.5, 0.6) is 17.2 Å². The molecule has 0 radical (unpaired) electrons. The van der Waals surface area contributed by atoms with Gasteiger partial charge in [-0.2, -0.15) is 0 Å². The molecule has 2 aliphatic heterocycles. The van der Waals surface area contributed by atoms with E-state index >= 15 is 0 Å². The van der Waals surface area contributed by atoms with Crippen LogP contribution >= 0.6 is 0 Å². The average Bonchev–Trinajstić information content (AvgIpc) is 3.51. The van der Waals surface area contributed by atoms with E-state index in [4.69, 9.17) is 14.2 Å². The van der Waals surface area contributed by atoms with Crippen molar-refractivity contribution in [1.82, 2.24) is 10.2 Å². The Morgan fingerprint density at radius 1 is 0.943 bits per heavy atom. The van der Waals surface area contributed by atoms with Crippen LogP contribution in [0.2, 0.25) is 0 Å². The van der Waals surface area contributed by atoms with Gasteiger partial charge < -0.3 is 24.4 Å². The van der Waals surface area contributed by atoms with Gasteiger partial charge in [0.25, 0.3) is 5.91 Å². The van der Waals surface area contributed by atoms with Crippen LogP contribution < -0.4 is 24.4 Å². The molecule has 0 aromatic heterocycles. The van der Waals surface area contributed by atoms with E-state index in [0.29, 0.717) is 49.2 Å². The van der Waals surface area contributed by atoms with Gasteiger partial charge in [-0.3, -0.25) is 9.69 Å². The summed E-state index contributed by atoms with van der Waals surface area (Å²) in [5, 5.41) is 3.20. The van der Waals surface area contributed by atoms with Gasteiger partial charge in [0.15, 0.2) is 11.5 Å². The molecule has 0 bridgehead atoms. The predicted octanol–water partition coefficient (Wildman–Crippen LogP) is 4.44. The van der Waals surface area contributed by atoms with Gasteiger partial charge in [-0.1, -0.05) is 12.1 Å². The molecule has 2 aromatic rings. The smallest absolute Gasteiger partial charge is 0.251 e. The summed E-state index contributed by atoms with van der Waals surface area (Å²) < 4.78 is 17.4. The zero-order valence-corrected chi connectivity index (χ0v) is 21.6.